The molecule has 0 bridgehead atoms. The van der Waals surface area contributed by atoms with E-state index < -0.39 is 0 Å². The van der Waals surface area contributed by atoms with Crippen LogP contribution in [0, 0.1) is 6.92 Å². The molecule has 0 aliphatic heterocycles. The van der Waals surface area contributed by atoms with Crippen LogP contribution < -0.4 is 4.74 Å². The Labute approximate surface area is 143 Å². The Morgan fingerprint density at radius 3 is 2.67 bits per heavy atom. The minimum absolute atomic E-state index is 0.596. The summed E-state index contributed by atoms with van der Waals surface area (Å²) < 4.78 is 6.06. The number of fused-ring (bicyclic) bond motifs is 1. The minimum atomic E-state index is 0.596. The molecule has 0 amide bonds. The molecule has 0 heterocycles. The Kier molecular flexibility index (Phi) is 3.92. The highest BCUT2D eigenvalue weighted by Gasteiger charge is 2.09. The quantitative estimate of drug-likeness (QED) is 0.590. The van der Waals surface area contributed by atoms with Crippen molar-refractivity contribution in [3.05, 3.63) is 95.1 Å². The smallest absolute Gasteiger partial charge is 0.120 e. The van der Waals surface area contributed by atoms with Crippen molar-refractivity contribution in [1.82, 2.24) is 0 Å². The van der Waals surface area contributed by atoms with Crippen LogP contribution >= 0.6 is 0 Å². The van der Waals surface area contributed by atoms with E-state index in [0.29, 0.717) is 6.61 Å². The predicted molar refractivity (Wildman–Crippen MR) is 100 cm³/mol. The standard InChI is InChI=1S/C23H20O/c1-17-21(11-6-12-23(17)19-7-3-2-4-8-19)16-24-22-14-13-18-9-5-10-20(18)15-22/h2-9,11-15H,10,16H2,1H3. The average Bonchev–Trinajstić information content (AvgIpc) is 3.09. The van der Waals surface area contributed by atoms with E-state index in [-0.39, 0.29) is 0 Å². The summed E-state index contributed by atoms with van der Waals surface area (Å²) in [7, 11) is 0. The van der Waals surface area contributed by atoms with E-state index in [4.69, 9.17) is 4.74 Å². The van der Waals surface area contributed by atoms with E-state index in [9.17, 15) is 0 Å². The molecule has 1 heteroatoms. The molecular formula is C23H20O. The van der Waals surface area contributed by atoms with Gasteiger partial charge in [0.1, 0.15) is 12.4 Å². The van der Waals surface area contributed by atoms with Crippen LogP contribution in [0.2, 0.25) is 0 Å². The zero-order valence-electron chi connectivity index (χ0n) is 13.8. The Bertz CT molecular complexity index is 891. The number of benzene rings is 3. The number of hydrogen-bond acceptors (Lipinski definition) is 1. The maximum Gasteiger partial charge on any atom is 0.120 e. The fourth-order valence-corrected chi connectivity index (χ4v) is 3.26. The molecule has 1 aliphatic rings. The molecule has 3 aromatic rings. The van der Waals surface area contributed by atoms with Crippen LogP contribution in [0.15, 0.2) is 72.8 Å². The first kappa shape index (κ1) is 14.8. The molecule has 24 heavy (non-hydrogen) atoms. The zero-order chi connectivity index (χ0) is 16.4. The SMILES string of the molecule is Cc1c(COc2ccc3c(c2)CC=C3)cccc1-c1ccccc1. The highest BCUT2D eigenvalue weighted by Crippen LogP contribution is 2.28. The van der Waals surface area contributed by atoms with Crippen molar-refractivity contribution in [3.63, 3.8) is 0 Å². The van der Waals surface area contributed by atoms with Crippen LogP contribution in [0.1, 0.15) is 22.3 Å². The van der Waals surface area contributed by atoms with Crippen LogP contribution in [-0.4, -0.2) is 0 Å². The van der Waals surface area contributed by atoms with Crippen molar-refractivity contribution in [2.45, 2.75) is 20.0 Å². The highest BCUT2D eigenvalue weighted by atomic mass is 16.5. The van der Waals surface area contributed by atoms with Crippen LogP contribution in [0.25, 0.3) is 17.2 Å². The summed E-state index contributed by atoms with van der Waals surface area (Å²) in [6.45, 7) is 2.77. The summed E-state index contributed by atoms with van der Waals surface area (Å²) in [5.41, 5.74) is 7.70. The first-order chi connectivity index (χ1) is 11.8. The number of rotatable bonds is 4. The summed E-state index contributed by atoms with van der Waals surface area (Å²) in [6, 6.07) is 23.3. The van der Waals surface area contributed by atoms with E-state index >= 15 is 0 Å². The third-order valence-corrected chi connectivity index (χ3v) is 4.67. The molecule has 1 nitrogen and oxygen atoms in total. The molecule has 0 saturated heterocycles. The molecule has 0 aromatic heterocycles. The van der Waals surface area contributed by atoms with Crippen molar-refractivity contribution in [1.29, 1.82) is 0 Å². The minimum Gasteiger partial charge on any atom is -0.489 e. The molecule has 0 radical (unpaired) electrons. The number of hydrogen-bond donors (Lipinski definition) is 0. The van der Waals surface area contributed by atoms with Crippen LogP contribution in [0.4, 0.5) is 0 Å². The van der Waals surface area contributed by atoms with Gasteiger partial charge in [0.2, 0.25) is 0 Å². The molecule has 0 saturated carbocycles. The second kappa shape index (κ2) is 6.37. The summed E-state index contributed by atoms with van der Waals surface area (Å²) in [5, 5.41) is 0. The first-order valence-corrected chi connectivity index (χ1v) is 8.37. The second-order valence-electron chi connectivity index (χ2n) is 6.21. The average molecular weight is 312 g/mol. The lowest BCUT2D eigenvalue weighted by molar-refractivity contribution is 0.305. The Hall–Kier alpha value is -2.80. The van der Waals surface area contributed by atoms with Crippen molar-refractivity contribution < 1.29 is 4.74 Å². The van der Waals surface area contributed by atoms with Crippen LogP contribution in [0.3, 0.4) is 0 Å². The molecule has 0 fully saturated rings. The fraction of sp³-hybridized carbons (Fsp3) is 0.130. The molecule has 4 rings (SSSR count). The van der Waals surface area contributed by atoms with E-state index in [2.05, 4.69) is 85.8 Å². The van der Waals surface area contributed by atoms with Crippen LogP contribution in [0.5, 0.6) is 5.75 Å². The summed E-state index contributed by atoms with van der Waals surface area (Å²) in [4.78, 5) is 0. The summed E-state index contributed by atoms with van der Waals surface area (Å²) in [5.74, 6) is 0.946. The lowest BCUT2D eigenvalue weighted by atomic mass is 9.97. The third-order valence-electron chi connectivity index (χ3n) is 4.67. The lowest BCUT2D eigenvalue weighted by Gasteiger charge is -2.13. The fourth-order valence-electron chi connectivity index (χ4n) is 3.26. The summed E-state index contributed by atoms with van der Waals surface area (Å²) >= 11 is 0. The Morgan fingerprint density at radius 1 is 0.917 bits per heavy atom. The Balaban J connectivity index is 1.55. The van der Waals surface area contributed by atoms with Gasteiger partial charge in [-0.3, -0.25) is 0 Å². The van der Waals surface area contributed by atoms with Gasteiger partial charge in [0.05, 0.1) is 0 Å². The van der Waals surface area contributed by atoms with Crippen molar-refractivity contribution in [2.24, 2.45) is 0 Å². The normalized spacial score (nSPS) is 12.2. The molecule has 118 valence electrons. The molecule has 1 aliphatic carbocycles. The van der Waals surface area contributed by atoms with E-state index in [1.54, 1.807) is 0 Å². The van der Waals surface area contributed by atoms with Crippen molar-refractivity contribution in [2.75, 3.05) is 0 Å². The van der Waals surface area contributed by atoms with Gasteiger partial charge >= 0.3 is 0 Å². The van der Waals surface area contributed by atoms with E-state index in [1.807, 2.05) is 0 Å². The van der Waals surface area contributed by atoms with Gasteiger partial charge in [-0.1, -0.05) is 66.7 Å². The third kappa shape index (κ3) is 2.85. The van der Waals surface area contributed by atoms with Gasteiger partial charge < -0.3 is 4.74 Å². The monoisotopic (exact) mass is 312 g/mol. The molecule has 3 aromatic carbocycles. The first-order valence-electron chi connectivity index (χ1n) is 8.37. The number of ether oxygens (including phenoxy) is 1. The second-order valence-corrected chi connectivity index (χ2v) is 6.21. The molecule has 0 N–H and O–H groups in total. The van der Waals surface area contributed by atoms with Gasteiger partial charge in [-0.15, -0.1) is 0 Å². The van der Waals surface area contributed by atoms with Crippen molar-refractivity contribution >= 4 is 6.08 Å². The molecule has 0 spiro atoms. The largest absolute Gasteiger partial charge is 0.489 e. The predicted octanol–water partition coefficient (Wildman–Crippen LogP) is 5.81. The van der Waals surface area contributed by atoms with Gasteiger partial charge in [0.25, 0.3) is 0 Å². The topological polar surface area (TPSA) is 9.23 Å². The van der Waals surface area contributed by atoms with Gasteiger partial charge in [-0.25, -0.2) is 0 Å². The number of allylic oxidation sites excluding steroid dienone is 1. The van der Waals surface area contributed by atoms with Crippen LogP contribution in [-0.2, 0) is 13.0 Å². The highest BCUT2D eigenvalue weighted by molar-refractivity contribution is 5.68. The van der Waals surface area contributed by atoms with Gasteiger partial charge in [-0.05, 0) is 58.9 Å². The maximum absolute atomic E-state index is 6.06. The molecule has 0 unspecified atom stereocenters. The zero-order valence-corrected chi connectivity index (χ0v) is 13.8. The Morgan fingerprint density at radius 2 is 1.79 bits per heavy atom. The van der Waals surface area contributed by atoms with Gasteiger partial charge in [0, 0.05) is 0 Å². The van der Waals surface area contributed by atoms with Crippen molar-refractivity contribution in [3.8, 4) is 16.9 Å². The lowest BCUT2D eigenvalue weighted by Crippen LogP contribution is -2.00. The maximum atomic E-state index is 6.06. The molecule has 0 atom stereocenters. The van der Waals surface area contributed by atoms with Gasteiger partial charge in [-0.2, -0.15) is 0 Å². The molecular weight excluding hydrogens is 292 g/mol. The summed E-state index contributed by atoms with van der Waals surface area (Å²) in [6.07, 6.45) is 5.38. The van der Waals surface area contributed by atoms with Gasteiger partial charge in [0.15, 0.2) is 0 Å². The van der Waals surface area contributed by atoms with E-state index in [1.165, 1.54) is 33.4 Å². The van der Waals surface area contributed by atoms with E-state index in [0.717, 1.165) is 12.2 Å².